The van der Waals surface area contributed by atoms with E-state index in [1.165, 1.54) is 29.2 Å². The number of likely N-dealkylation sites (tertiary alicyclic amines) is 1. The highest BCUT2D eigenvalue weighted by Crippen LogP contribution is 2.22. The molecule has 1 fully saturated rings. The zero-order valence-electron chi connectivity index (χ0n) is 51.2. The fourth-order valence-corrected chi connectivity index (χ4v) is 9.37. The Hall–Kier alpha value is -8.88. The van der Waals surface area contributed by atoms with Gasteiger partial charge in [0.1, 0.15) is 66.2 Å². The third-order valence-corrected chi connectivity index (χ3v) is 14.3. The van der Waals surface area contributed by atoms with Crippen molar-refractivity contribution in [1.82, 2.24) is 47.4 Å². The Labute approximate surface area is 515 Å². The van der Waals surface area contributed by atoms with E-state index < -0.39 is 163 Å². The SMILES string of the molecule is CC[C@H](C)[C@H](NC(=O)[C@H](CC(C)C)NC(=O)[C@H](CC(C)C)NC(=O)[C@@H]1CCCN1C(=O)[C@H](Cc1ccc(O)cc1)NC(=O)[C@H](CCC(=O)O)NC(=O)[C@H](CCCN=C(N)N)NC(=O)[C@H](CC(=O)O)NC(=O)[C@@H](N)CO)C(=O)N[C@@H](CCCN=C(N)N)C(=O)O. The molecule has 9 amide bonds. The molecule has 1 aliphatic heterocycles. The zero-order chi connectivity index (χ0) is 67.2. The number of rotatable bonds is 40. The standard InChI is InChI=1S/C56H92N16O17/c1-7-30(6)44(52(86)66-36(54(88)89)12-9-21-63-56(60)61)71-50(84)38(24-29(4)5)68-48(82)37(23-28(2)3)69-51(85)41-13-10-22-72(41)53(87)40(25-31-14-16-32(74)17-15-31)70-47(81)35(18-19-42(75)76)65-46(80)34(11-8-20-62-55(58)59)64-49(83)39(26-43(77)78)67-45(79)33(57)27-73/h14-17,28-30,33-41,44,73-74H,7-13,18-27,57H2,1-6H3,(H,64,83)(H,65,80)(H,66,86)(H,67,79)(H,68,82)(H,69,85)(H,70,81)(H,71,84)(H,75,76)(H,77,78)(H,88,89)(H4,58,59,62)(H4,60,61,63)/t30-,33-,34-,35-,36-,37-,38-,39-,40-,41-,44-/m0/s1. The highest BCUT2D eigenvalue weighted by atomic mass is 16.4. The maximum absolute atomic E-state index is 14.9. The third-order valence-electron chi connectivity index (χ3n) is 14.3. The van der Waals surface area contributed by atoms with Crippen molar-refractivity contribution < 1.29 is 83.1 Å². The number of nitrogens with one attached hydrogen (secondary N) is 8. The van der Waals surface area contributed by atoms with E-state index in [1.807, 2.05) is 0 Å². The van der Waals surface area contributed by atoms with Gasteiger partial charge in [-0.25, -0.2) is 4.79 Å². The first kappa shape index (κ1) is 76.2. The van der Waals surface area contributed by atoms with Crippen LogP contribution in [0.2, 0.25) is 0 Å². The molecule has 0 spiro atoms. The predicted molar refractivity (Wildman–Crippen MR) is 322 cm³/mol. The molecule has 0 saturated carbocycles. The van der Waals surface area contributed by atoms with Crippen LogP contribution in [0.1, 0.15) is 124 Å². The van der Waals surface area contributed by atoms with Crippen molar-refractivity contribution in [2.24, 2.45) is 56.4 Å². The van der Waals surface area contributed by atoms with Crippen molar-refractivity contribution in [2.75, 3.05) is 26.2 Å². The number of guanidine groups is 2. The molecule has 2 rings (SSSR count). The number of hydrogen-bond donors (Lipinski definition) is 18. The van der Waals surface area contributed by atoms with E-state index in [0.717, 1.165) is 0 Å². The normalized spacial score (nSPS) is 16.2. The average molecular weight is 1260 g/mol. The van der Waals surface area contributed by atoms with E-state index in [0.29, 0.717) is 12.0 Å². The molecule has 498 valence electrons. The number of nitrogens with zero attached hydrogens (tertiary/aromatic N) is 3. The number of carbonyl (C=O) groups excluding carboxylic acids is 9. The topological polar surface area (TPSA) is 560 Å². The van der Waals surface area contributed by atoms with Crippen molar-refractivity contribution in [1.29, 1.82) is 0 Å². The lowest BCUT2D eigenvalue weighted by Crippen LogP contribution is -2.61. The zero-order valence-corrected chi connectivity index (χ0v) is 51.2. The first-order valence-electron chi connectivity index (χ1n) is 29.4. The fraction of sp³-hybridized carbons (Fsp3) is 0.643. The molecule has 0 aromatic heterocycles. The molecule has 89 heavy (non-hydrogen) atoms. The van der Waals surface area contributed by atoms with Crippen LogP contribution in [0.3, 0.4) is 0 Å². The number of amides is 9. The smallest absolute Gasteiger partial charge is 0.326 e. The summed E-state index contributed by atoms with van der Waals surface area (Å²) in [6, 6.07) is -9.29. The Bertz CT molecular complexity index is 2650. The summed E-state index contributed by atoms with van der Waals surface area (Å²) in [6.45, 7) is 9.69. The largest absolute Gasteiger partial charge is 0.508 e. The minimum Gasteiger partial charge on any atom is -0.508 e. The highest BCUT2D eigenvalue weighted by molar-refractivity contribution is 5.99. The maximum Gasteiger partial charge on any atom is 0.326 e. The molecule has 1 aromatic carbocycles. The van der Waals surface area contributed by atoms with Gasteiger partial charge in [0.15, 0.2) is 11.9 Å². The Morgan fingerprint density at radius 3 is 1.54 bits per heavy atom. The predicted octanol–water partition coefficient (Wildman–Crippen LogP) is -4.21. The first-order chi connectivity index (χ1) is 41.8. The molecular formula is C56H92N16O17. The number of phenols is 1. The van der Waals surface area contributed by atoms with Crippen LogP contribution < -0.4 is 71.2 Å². The van der Waals surface area contributed by atoms with Crippen molar-refractivity contribution in [3.05, 3.63) is 29.8 Å². The van der Waals surface area contributed by atoms with E-state index in [2.05, 4.69) is 52.5 Å². The van der Waals surface area contributed by atoms with Crippen LogP contribution in [-0.4, -0.2) is 200 Å². The van der Waals surface area contributed by atoms with Gasteiger partial charge in [-0.15, -0.1) is 0 Å². The second-order valence-corrected chi connectivity index (χ2v) is 22.7. The summed E-state index contributed by atoms with van der Waals surface area (Å²) in [7, 11) is 0. The molecule has 1 aromatic rings. The lowest BCUT2D eigenvalue weighted by molar-refractivity contribution is -0.143. The number of carboxylic acids is 3. The molecule has 0 radical (unpaired) electrons. The summed E-state index contributed by atoms with van der Waals surface area (Å²) >= 11 is 0. The number of nitrogens with two attached hydrogens (primary N) is 5. The van der Waals surface area contributed by atoms with Crippen LogP contribution in [0.15, 0.2) is 34.3 Å². The van der Waals surface area contributed by atoms with Gasteiger partial charge in [-0.2, -0.15) is 0 Å². The van der Waals surface area contributed by atoms with E-state index in [4.69, 9.17) is 28.7 Å². The van der Waals surface area contributed by atoms with Crippen LogP contribution in [0, 0.1) is 17.8 Å². The Morgan fingerprint density at radius 1 is 0.584 bits per heavy atom. The van der Waals surface area contributed by atoms with E-state index >= 15 is 0 Å². The Morgan fingerprint density at radius 2 is 1.04 bits per heavy atom. The molecule has 1 heterocycles. The number of aliphatic hydroxyl groups is 1. The number of aliphatic carboxylic acids is 3. The summed E-state index contributed by atoms with van der Waals surface area (Å²) in [5.41, 5.74) is 27.6. The monoisotopic (exact) mass is 1260 g/mol. The van der Waals surface area contributed by atoms with Gasteiger partial charge in [0.25, 0.3) is 0 Å². The molecule has 33 nitrogen and oxygen atoms in total. The number of hydrogen-bond acceptors (Lipinski definition) is 17. The Kier molecular flexibility index (Phi) is 32.9. The van der Waals surface area contributed by atoms with Crippen LogP contribution in [-0.2, 0) is 64.0 Å². The number of phenolic OH excluding ortho intramolecular Hbond substituents is 1. The van der Waals surface area contributed by atoms with Gasteiger partial charge in [-0.05, 0) is 93.2 Å². The summed E-state index contributed by atoms with van der Waals surface area (Å²) in [5.74, 6) is -14.4. The fourth-order valence-electron chi connectivity index (χ4n) is 9.37. The number of benzene rings is 1. The quantitative estimate of drug-likeness (QED) is 0.0168. The second-order valence-electron chi connectivity index (χ2n) is 22.7. The summed E-state index contributed by atoms with van der Waals surface area (Å²) < 4.78 is 0. The van der Waals surface area contributed by atoms with Crippen LogP contribution in [0.4, 0.5) is 0 Å². The number of aromatic hydroxyl groups is 1. The molecule has 1 aliphatic rings. The molecule has 33 heteroatoms. The number of aliphatic hydroxyl groups excluding tert-OH is 1. The third kappa shape index (κ3) is 27.8. The maximum atomic E-state index is 14.9. The van der Waals surface area contributed by atoms with Gasteiger partial charge in [0.2, 0.25) is 53.2 Å². The van der Waals surface area contributed by atoms with Gasteiger partial charge >= 0.3 is 17.9 Å². The summed E-state index contributed by atoms with van der Waals surface area (Å²) in [6.07, 6.45) is -1.97. The lowest BCUT2D eigenvalue weighted by atomic mass is 9.96. The van der Waals surface area contributed by atoms with Gasteiger partial charge in [-0.3, -0.25) is 62.7 Å². The molecular weight excluding hydrogens is 1170 g/mol. The molecule has 0 unspecified atom stereocenters. The molecule has 11 atom stereocenters. The van der Waals surface area contributed by atoms with Crippen molar-refractivity contribution in [3.63, 3.8) is 0 Å². The number of carbonyl (C=O) groups is 12. The van der Waals surface area contributed by atoms with Gasteiger partial charge in [0, 0.05) is 32.5 Å². The van der Waals surface area contributed by atoms with Gasteiger partial charge < -0.3 is 102 Å². The van der Waals surface area contributed by atoms with Crippen LogP contribution in [0.25, 0.3) is 0 Å². The molecule has 1 saturated heterocycles. The van der Waals surface area contributed by atoms with Crippen molar-refractivity contribution >= 4 is 83.0 Å². The van der Waals surface area contributed by atoms with E-state index in [1.54, 1.807) is 41.5 Å². The number of carboxylic acid groups (broad SMARTS) is 3. The van der Waals surface area contributed by atoms with Gasteiger partial charge in [-0.1, -0.05) is 60.1 Å². The molecule has 0 aliphatic carbocycles. The minimum absolute atomic E-state index is 0.0222. The van der Waals surface area contributed by atoms with Crippen molar-refractivity contribution in [3.8, 4) is 5.75 Å². The van der Waals surface area contributed by atoms with Crippen LogP contribution >= 0.6 is 0 Å². The Balaban J connectivity index is 2.54. The second kappa shape index (κ2) is 38.4. The van der Waals surface area contributed by atoms with Gasteiger partial charge in [0.05, 0.1) is 13.0 Å². The van der Waals surface area contributed by atoms with Crippen LogP contribution in [0.5, 0.6) is 5.75 Å². The number of aliphatic imine (C=N–C) groups is 2. The molecule has 23 N–H and O–H groups in total. The average Bonchev–Trinajstić information content (AvgIpc) is 2.02. The summed E-state index contributed by atoms with van der Waals surface area (Å²) in [5, 5.41) is 68.7. The first-order valence-corrected chi connectivity index (χ1v) is 29.4. The highest BCUT2D eigenvalue weighted by Gasteiger charge is 2.41. The lowest BCUT2D eigenvalue weighted by Gasteiger charge is -2.32. The van der Waals surface area contributed by atoms with E-state index in [9.17, 15) is 83.1 Å². The molecule has 0 bridgehead atoms. The minimum atomic E-state index is -1.85. The summed E-state index contributed by atoms with van der Waals surface area (Å²) in [4.78, 5) is 171. The van der Waals surface area contributed by atoms with E-state index in [-0.39, 0.29) is 107 Å². The van der Waals surface area contributed by atoms with Crippen molar-refractivity contribution in [2.45, 2.75) is 185 Å².